The van der Waals surface area contributed by atoms with Crippen LogP contribution in [0.1, 0.15) is 16.8 Å². The third kappa shape index (κ3) is 3.09. The average molecular weight is 323 g/mol. The number of aromatic nitrogens is 3. The van der Waals surface area contributed by atoms with Crippen LogP contribution in [-0.2, 0) is 4.79 Å². The molecule has 0 spiro atoms. The lowest BCUT2D eigenvalue weighted by molar-refractivity contribution is -0.141. The second kappa shape index (κ2) is 6.57. The maximum atomic E-state index is 12.3. The fraction of sp³-hybridized carbons (Fsp3) is 0.286. The summed E-state index contributed by atoms with van der Waals surface area (Å²) in [6.45, 7) is 0.768. The van der Waals surface area contributed by atoms with E-state index < -0.39 is 11.9 Å². The predicted octanol–water partition coefficient (Wildman–Crippen LogP) is 1.24. The molecule has 1 aliphatic rings. The molecule has 1 aromatic heterocycles. The molecule has 0 saturated carbocycles. The molecule has 1 unspecified atom stereocenters. The molecule has 22 heavy (non-hydrogen) atoms. The van der Waals surface area contributed by atoms with Gasteiger partial charge in [-0.3, -0.25) is 14.2 Å². The standard InChI is InChI=1S/C14H14N4O3.ClH/c19-13(17-6-5-11(7-17)14(20)21)10-1-3-12(4-2-10)18-8-15-16-9-18;/h1-4,8-9,11H,5-7H2,(H,20,21);1H. The summed E-state index contributed by atoms with van der Waals surface area (Å²) in [4.78, 5) is 24.8. The van der Waals surface area contributed by atoms with Crippen LogP contribution >= 0.6 is 12.4 Å². The molecule has 0 aliphatic carbocycles. The molecule has 1 amide bonds. The van der Waals surface area contributed by atoms with Gasteiger partial charge in [-0.2, -0.15) is 0 Å². The van der Waals surface area contributed by atoms with E-state index in [-0.39, 0.29) is 24.9 Å². The summed E-state index contributed by atoms with van der Waals surface area (Å²) < 4.78 is 1.74. The second-order valence-corrected chi connectivity index (χ2v) is 4.99. The van der Waals surface area contributed by atoms with E-state index >= 15 is 0 Å². The summed E-state index contributed by atoms with van der Waals surface area (Å²) in [7, 11) is 0. The van der Waals surface area contributed by atoms with Crippen molar-refractivity contribution >= 4 is 24.3 Å². The summed E-state index contributed by atoms with van der Waals surface area (Å²) in [5.41, 5.74) is 1.42. The quantitative estimate of drug-likeness (QED) is 0.918. The Bertz CT molecular complexity index is 657. The molecular formula is C14H15ClN4O3. The smallest absolute Gasteiger partial charge is 0.308 e. The van der Waals surface area contributed by atoms with Crippen molar-refractivity contribution in [2.45, 2.75) is 6.42 Å². The largest absolute Gasteiger partial charge is 0.481 e. The first-order valence-electron chi connectivity index (χ1n) is 6.62. The highest BCUT2D eigenvalue weighted by Crippen LogP contribution is 2.19. The number of carboxylic acid groups (broad SMARTS) is 1. The van der Waals surface area contributed by atoms with Gasteiger partial charge in [0.1, 0.15) is 12.7 Å². The predicted molar refractivity (Wildman–Crippen MR) is 80.3 cm³/mol. The number of hydrogen-bond acceptors (Lipinski definition) is 4. The third-order valence-electron chi connectivity index (χ3n) is 3.66. The molecule has 1 N–H and O–H groups in total. The molecule has 2 heterocycles. The van der Waals surface area contributed by atoms with E-state index in [4.69, 9.17) is 5.11 Å². The number of hydrogen-bond donors (Lipinski definition) is 1. The highest BCUT2D eigenvalue weighted by atomic mass is 35.5. The monoisotopic (exact) mass is 322 g/mol. The molecule has 0 radical (unpaired) electrons. The minimum Gasteiger partial charge on any atom is -0.481 e. The maximum absolute atomic E-state index is 12.3. The number of benzene rings is 1. The van der Waals surface area contributed by atoms with E-state index in [9.17, 15) is 9.59 Å². The van der Waals surface area contributed by atoms with Crippen molar-refractivity contribution in [2.75, 3.05) is 13.1 Å². The molecule has 1 fully saturated rings. The van der Waals surface area contributed by atoms with Gasteiger partial charge in [-0.05, 0) is 30.7 Å². The fourth-order valence-electron chi connectivity index (χ4n) is 2.44. The van der Waals surface area contributed by atoms with Crippen LogP contribution in [0.3, 0.4) is 0 Å². The Morgan fingerprint density at radius 1 is 1.14 bits per heavy atom. The number of carbonyl (C=O) groups excluding carboxylic acids is 1. The number of halogens is 1. The van der Waals surface area contributed by atoms with E-state index in [1.807, 2.05) is 0 Å². The number of likely N-dealkylation sites (tertiary alicyclic amines) is 1. The van der Waals surface area contributed by atoms with E-state index in [2.05, 4.69) is 10.2 Å². The van der Waals surface area contributed by atoms with Crippen molar-refractivity contribution in [3.05, 3.63) is 42.5 Å². The zero-order valence-corrected chi connectivity index (χ0v) is 12.4. The van der Waals surface area contributed by atoms with Crippen molar-refractivity contribution in [3.8, 4) is 5.69 Å². The molecule has 116 valence electrons. The van der Waals surface area contributed by atoms with E-state index in [0.29, 0.717) is 18.5 Å². The van der Waals surface area contributed by atoms with E-state index in [1.54, 1.807) is 46.4 Å². The Labute approximate surface area is 133 Å². The minimum atomic E-state index is -0.840. The minimum absolute atomic E-state index is 0. The van der Waals surface area contributed by atoms with E-state index in [0.717, 1.165) is 5.69 Å². The number of nitrogens with zero attached hydrogens (tertiary/aromatic N) is 4. The highest BCUT2D eigenvalue weighted by Gasteiger charge is 2.31. The first kappa shape index (κ1) is 16.0. The van der Waals surface area contributed by atoms with Crippen LogP contribution in [0.4, 0.5) is 0 Å². The van der Waals surface area contributed by atoms with Crippen molar-refractivity contribution in [2.24, 2.45) is 5.92 Å². The molecule has 7 nitrogen and oxygen atoms in total. The molecule has 0 bridgehead atoms. The molecule has 1 saturated heterocycles. The van der Waals surface area contributed by atoms with Crippen LogP contribution in [0.5, 0.6) is 0 Å². The van der Waals surface area contributed by atoms with Gasteiger partial charge < -0.3 is 10.0 Å². The molecule has 1 aromatic carbocycles. The molecule has 1 atom stereocenters. The summed E-state index contributed by atoms with van der Waals surface area (Å²) in [6.07, 6.45) is 3.67. The molecule has 2 aromatic rings. The van der Waals surface area contributed by atoms with Gasteiger partial charge in [0.15, 0.2) is 0 Å². The van der Waals surface area contributed by atoms with Gasteiger partial charge in [0.25, 0.3) is 5.91 Å². The van der Waals surface area contributed by atoms with Gasteiger partial charge in [-0.1, -0.05) is 0 Å². The van der Waals surface area contributed by atoms with Gasteiger partial charge in [0, 0.05) is 24.3 Å². The number of carboxylic acids is 1. The van der Waals surface area contributed by atoms with Gasteiger partial charge in [-0.15, -0.1) is 22.6 Å². The lowest BCUT2D eigenvalue weighted by Gasteiger charge is -2.16. The molecule has 8 heteroatoms. The Morgan fingerprint density at radius 3 is 2.32 bits per heavy atom. The van der Waals surface area contributed by atoms with Gasteiger partial charge >= 0.3 is 5.97 Å². The molecule has 1 aliphatic heterocycles. The first-order valence-corrected chi connectivity index (χ1v) is 6.62. The lowest BCUT2D eigenvalue weighted by atomic mass is 10.1. The topological polar surface area (TPSA) is 88.3 Å². The normalized spacial score (nSPS) is 17.1. The van der Waals surface area contributed by atoms with Crippen LogP contribution < -0.4 is 0 Å². The van der Waals surface area contributed by atoms with Crippen molar-refractivity contribution in [1.82, 2.24) is 19.7 Å². The highest BCUT2D eigenvalue weighted by molar-refractivity contribution is 5.95. The van der Waals surface area contributed by atoms with Crippen molar-refractivity contribution < 1.29 is 14.7 Å². The van der Waals surface area contributed by atoms with Crippen LogP contribution in [-0.4, -0.2) is 49.7 Å². The Morgan fingerprint density at radius 2 is 1.77 bits per heavy atom. The number of amides is 1. The SMILES string of the molecule is Cl.O=C(O)C1CCN(C(=O)c2ccc(-n3cnnc3)cc2)C1. The van der Waals surface area contributed by atoms with E-state index in [1.165, 1.54) is 0 Å². The summed E-state index contributed by atoms with van der Waals surface area (Å²) in [5.74, 6) is -1.42. The molecule has 3 rings (SSSR count). The Hall–Kier alpha value is -2.41. The van der Waals surface area contributed by atoms with Crippen molar-refractivity contribution in [1.29, 1.82) is 0 Å². The third-order valence-corrected chi connectivity index (χ3v) is 3.66. The van der Waals surface area contributed by atoms with Gasteiger partial charge in [0.2, 0.25) is 0 Å². The number of carbonyl (C=O) groups is 2. The zero-order chi connectivity index (χ0) is 14.8. The summed E-state index contributed by atoms with van der Waals surface area (Å²) in [5, 5.41) is 16.4. The Balaban J connectivity index is 0.00000176. The van der Waals surface area contributed by atoms with Crippen LogP contribution in [0.2, 0.25) is 0 Å². The first-order chi connectivity index (χ1) is 10.1. The van der Waals surface area contributed by atoms with Crippen LogP contribution in [0.25, 0.3) is 5.69 Å². The average Bonchev–Trinajstić information content (AvgIpc) is 3.18. The zero-order valence-electron chi connectivity index (χ0n) is 11.6. The number of aliphatic carboxylic acids is 1. The maximum Gasteiger partial charge on any atom is 0.308 e. The van der Waals surface area contributed by atoms with Crippen LogP contribution in [0.15, 0.2) is 36.9 Å². The van der Waals surface area contributed by atoms with Gasteiger partial charge in [-0.25, -0.2) is 0 Å². The molecular weight excluding hydrogens is 308 g/mol. The van der Waals surface area contributed by atoms with Crippen molar-refractivity contribution in [3.63, 3.8) is 0 Å². The second-order valence-electron chi connectivity index (χ2n) is 4.99. The summed E-state index contributed by atoms with van der Waals surface area (Å²) >= 11 is 0. The Kier molecular flexibility index (Phi) is 4.77. The fourth-order valence-corrected chi connectivity index (χ4v) is 2.44. The van der Waals surface area contributed by atoms with Crippen LogP contribution in [0, 0.1) is 5.92 Å². The van der Waals surface area contributed by atoms with Gasteiger partial charge in [0.05, 0.1) is 5.92 Å². The lowest BCUT2D eigenvalue weighted by Crippen LogP contribution is -2.29. The summed E-state index contributed by atoms with van der Waals surface area (Å²) in [6, 6.07) is 7.07. The number of rotatable bonds is 3.